The molecule has 32 heavy (non-hydrogen) atoms. The van der Waals surface area contributed by atoms with Crippen molar-refractivity contribution in [2.75, 3.05) is 4.72 Å². The summed E-state index contributed by atoms with van der Waals surface area (Å²) in [7, 11) is -3.80. The number of hydrogen-bond acceptors (Lipinski definition) is 4. The van der Waals surface area contributed by atoms with Gasteiger partial charge in [-0.15, -0.1) is 0 Å². The SMILES string of the molecule is CC(C)(C)c1c(C2CC2)nn(-c2cccc3ncccc23)c1NS(=O)(=O)c1ccccc1. The number of pyridine rings is 1. The van der Waals surface area contributed by atoms with Crippen LogP contribution in [-0.2, 0) is 15.4 Å². The molecular formula is C25H26N4O2S. The van der Waals surface area contributed by atoms with E-state index in [0.29, 0.717) is 11.7 Å². The van der Waals surface area contributed by atoms with Crippen molar-refractivity contribution in [3.8, 4) is 5.69 Å². The Bertz CT molecular complexity index is 1390. The first-order valence-electron chi connectivity index (χ1n) is 10.8. The molecule has 1 N–H and O–H groups in total. The van der Waals surface area contributed by atoms with E-state index in [1.54, 1.807) is 41.2 Å². The van der Waals surface area contributed by atoms with Crippen LogP contribution in [0, 0.1) is 0 Å². The van der Waals surface area contributed by atoms with E-state index in [2.05, 4.69) is 30.5 Å². The second kappa shape index (κ2) is 7.45. The molecule has 7 heteroatoms. The highest BCUT2D eigenvalue weighted by molar-refractivity contribution is 7.92. The predicted octanol–water partition coefficient (Wildman–Crippen LogP) is 5.40. The van der Waals surface area contributed by atoms with Gasteiger partial charge in [0.1, 0.15) is 5.82 Å². The first-order chi connectivity index (χ1) is 15.3. The van der Waals surface area contributed by atoms with Gasteiger partial charge in [0, 0.05) is 23.1 Å². The Kier molecular flexibility index (Phi) is 4.82. The molecule has 4 aromatic rings. The maximum Gasteiger partial charge on any atom is 0.263 e. The van der Waals surface area contributed by atoms with Gasteiger partial charge in [-0.3, -0.25) is 9.71 Å². The topological polar surface area (TPSA) is 76.9 Å². The monoisotopic (exact) mass is 446 g/mol. The van der Waals surface area contributed by atoms with Crippen LogP contribution < -0.4 is 4.72 Å². The largest absolute Gasteiger partial charge is 0.263 e. The first kappa shape index (κ1) is 20.7. The number of hydrogen-bond donors (Lipinski definition) is 1. The highest BCUT2D eigenvalue weighted by atomic mass is 32.2. The molecule has 1 saturated carbocycles. The van der Waals surface area contributed by atoms with Gasteiger partial charge in [0.15, 0.2) is 0 Å². The van der Waals surface area contributed by atoms with Gasteiger partial charge in [0.2, 0.25) is 0 Å². The number of benzene rings is 2. The summed E-state index contributed by atoms with van der Waals surface area (Å²) >= 11 is 0. The number of fused-ring (bicyclic) bond motifs is 1. The lowest BCUT2D eigenvalue weighted by atomic mass is 9.85. The van der Waals surface area contributed by atoms with Crippen molar-refractivity contribution < 1.29 is 8.42 Å². The van der Waals surface area contributed by atoms with E-state index < -0.39 is 10.0 Å². The van der Waals surface area contributed by atoms with E-state index in [4.69, 9.17) is 5.10 Å². The van der Waals surface area contributed by atoms with Crippen molar-refractivity contribution in [3.63, 3.8) is 0 Å². The fourth-order valence-electron chi connectivity index (χ4n) is 4.14. The third-order valence-corrected chi connectivity index (χ3v) is 7.12. The number of sulfonamides is 1. The standard InChI is InChI=1S/C25H26N4O2S/c1-25(2,3)22-23(17-14-15-17)27-29(21-13-7-12-20-19(21)11-8-16-26-20)24(22)28-32(30,31)18-9-5-4-6-10-18/h4-13,16-17,28H,14-15H2,1-3H3. The van der Waals surface area contributed by atoms with Crippen LogP contribution in [0.4, 0.5) is 5.82 Å². The Morgan fingerprint density at radius 3 is 2.41 bits per heavy atom. The average Bonchev–Trinajstić information content (AvgIpc) is 3.54. The fourth-order valence-corrected chi connectivity index (χ4v) is 5.22. The number of nitrogens with one attached hydrogen (secondary N) is 1. The quantitative estimate of drug-likeness (QED) is 0.445. The molecule has 0 radical (unpaired) electrons. The van der Waals surface area contributed by atoms with E-state index in [-0.39, 0.29) is 10.3 Å². The molecule has 1 aliphatic rings. The third-order valence-electron chi connectivity index (χ3n) is 5.76. The van der Waals surface area contributed by atoms with Crippen LogP contribution in [0.2, 0.25) is 0 Å². The van der Waals surface area contributed by atoms with Crippen LogP contribution in [0.25, 0.3) is 16.6 Å². The van der Waals surface area contributed by atoms with Crippen molar-refractivity contribution in [2.24, 2.45) is 0 Å². The van der Waals surface area contributed by atoms with Gasteiger partial charge in [-0.05, 0) is 54.7 Å². The first-order valence-corrected chi connectivity index (χ1v) is 12.3. The average molecular weight is 447 g/mol. The molecule has 0 bridgehead atoms. The van der Waals surface area contributed by atoms with Gasteiger partial charge < -0.3 is 0 Å². The van der Waals surface area contributed by atoms with Crippen molar-refractivity contribution in [1.29, 1.82) is 0 Å². The Balaban J connectivity index is 1.78. The van der Waals surface area contributed by atoms with E-state index in [9.17, 15) is 8.42 Å². The highest BCUT2D eigenvalue weighted by Gasteiger charge is 2.37. The third kappa shape index (κ3) is 3.66. The molecule has 0 spiro atoms. The maximum absolute atomic E-state index is 13.4. The normalized spacial score (nSPS) is 14.6. The number of rotatable bonds is 5. The van der Waals surface area contributed by atoms with Crippen molar-refractivity contribution in [2.45, 2.75) is 49.8 Å². The summed E-state index contributed by atoms with van der Waals surface area (Å²) in [5, 5.41) is 5.92. The van der Waals surface area contributed by atoms with Crippen LogP contribution in [0.3, 0.4) is 0 Å². The van der Waals surface area contributed by atoms with Crippen molar-refractivity contribution in [1.82, 2.24) is 14.8 Å². The zero-order valence-corrected chi connectivity index (χ0v) is 19.2. The Morgan fingerprint density at radius 2 is 1.72 bits per heavy atom. The molecule has 0 amide bonds. The molecule has 0 unspecified atom stereocenters. The lowest BCUT2D eigenvalue weighted by Gasteiger charge is -2.22. The Hall–Kier alpha value is -3.19. The summed E-state index contributed by atoms with van der Waals surface area (Å²) in [6.45, 7) is 6.31. The molecule has 0 aliphatic heterocycles. The molecule has 2 aromatic heterocycles. The summed E-state index contributed by atoms with van der Waals surface area (Å²) in [6.07, 6.45) is 3.90. The Labute approximate surface area is 188 Å². The van der Waals surface area contributed by atoms with Gasteiger partial charge >= 0.3 is 0 Å². The molecular weight excluding hydrogens is 420 g/mol. The zero-order valence-electron chi connectivity index (χ0n) is 18.4. The second-order valence-corrected chi connectivity index (χ2v) is 11.0. The molecule has 0 atom stereocenters. The minimum Gasteiger partial charge on any atom is -0.263 e. The van der Waals surface area contributed by atoms with Gasteiger partial charge in [0.05, 0.1) is 21.8 Å². The van der Waals surface area contributed by atoms with Gasteiger partial charge in [-0.25, -0.2) is 13.1 Å². The minimum absolute atomic E-state index is 0.222. The van der Waals surface area contributed by atoms with Gasteiger partial charge in [0.25, 0.3) is 10.0 Å². The number of anilines is 1. The van der Waals surface area contributed by atoms with Crippen LogP contribution in [0.1, 0.15) is 50.8 Å². The van der Waals surface area contributed by atoms with E-state index in [0.717, 1.165) is 40.7 Å². The molecule has 164 valence electrons. The number of nitrogens with zero attached hydrogens (tertiary/aromatic N) is 3. The smallest absolute Gasteiger partial charge is 0.263 e. The number of aromatic nitrogens is 3. The highest BCUT2D eigenvalue weighted by Crippen LogP contribution is 2.47. The van der Waals surface area contributed by atoms with Crippen molar-refractivity contribution >= 4 is 26.7 Å². The molecule has 5 rings (SSSR count). The summed E-state index contributed by atoms with van der Waals surface area (Å²) in [4.78, 5) is 4.69. The van der Waals surface area contributed by atoms with Crippen molar-refractivity contribution in [3.05, 3.63) is 78.1 Å². The summed E-state index contributed by atoms with van der Waals surface area (Å²) in [5.41, 5.74) is 3.26. The van der Waals surface area contributed by atoms with Gasteiger partial charge in [-0.2, -0.15) is 5.10 Å². The van der Waals surface area contributed by atoms with Crippen LogP contribution in [0.15, 0.2) is 71.8 Å². The summed E-state index contributed by atoms with van der Waals surface area (Å²) in [5.74, 6) is 0.859. The van der Waals surface area contributed by atoms with E-state index in [1.807, 2.05) is 30.3 Å². The zero-order chi connectivity index (χ0) is 22.5. The summed E-state index contributed by atoms with van der Waals surface area (Å²) in [6, 6.07) is 18.2. The second-order valence-electron chi connectivity index (χ2n) is 9.31. The van der Waals surface area contributed by atoms with E-state index in [1.165, 1.54) is 0 Å². The Morgan fingerprint density at radius 1 is 0.969 bits per heavy atom. The predicted molar refractivity (Wildman–Crippen MR) is 127 cm³/mol. The van der Waals surface area contributed by atoms with Gasteiger partial charge in [-0.1, -0.05) is 45.0 Å². The molecule has 2 aromatic carbocycles. The molecule has 2 heterocycles. The van der Waals surface area contributed by atoms with Crippen LogP contribution in [0.5, 0.6) is 0 Å². The van der Waals surface area contributed by atoms with Crippen LogP contribution >= 0.6 is 0 Å². The fraction of sp³-hybridized carbons (Fsp3) is 0.280. The lowest BCUT2D eigenvalue weighted by molar-refractivity contribution is 0.583. The molecule has 1 aliphatic carbocycles. The lowest BCUT2D eigenvalue weighted by Crippen LogP contribution is -2.21. The van der Waals surface area contributed by atoms with Crippen LogP contribution in [-0.4, -0.2) is 23.2 Å². The molecule has 1 fully saturated rings. The molecule has 0 saturated heterocycles. The molecule has 6 nitrogen and oxygen atoms in total. The van der Waals surface area contributed by atoms with E-state index >= 15 is 0 Å². The minimum atomic E-state index is -3.80. The maximum atomic E-state index is 13.4. The summed E-state index contributed by atoms with van der Waals surface area (Å²) < 4.78 is 31.4.